The minimum Gasteiger partial charge on any atom is -0.345 e. The second-order valence-corrected chi connectivity index (χ2v) is 5.49. The van der Waals surface area contributed by atoms with Crippen LogP contribution in [0.15, 0.2) is 17.5 Å². The van der Waals surface area contributed by atoms with Crippen molar-refractivity contribution < 1.29 is 9.59 Å². The molecule has 18 heavy (non-hydrogen) atoms. The highest BCUT2D eigenvalue weighted by atomic mass is 32.1. The molecular weight excluding hydrogens is 248 g/mol. The maximum atomic E-state index is 12.3. The van der Waals surface area contributed by atoms with Crippen molar-refractivity contribution >= 4 is 23.2 Å². The smallest absolute Gasteiger partial charge is 0.245 e. The van der Waals surface area contributed by atoms with Crippen molar-refractivity contribution in [3.8, 4) is 0 Å². The van der Waals surface area contributed by atoms with E-state index in [1.807, 2.05) is 16.3 Å². The quantitative estimate of drug-likeness (QED) is 0.909. The Hall–Kier alpha value is -1.36. The fourth-order valence-electron chi connectivity index (χ4n) is 2.32. The van der Waals surface area contributed by atoms with Crippen LogP contribution in [0.2, 0.25) is 0 Å². The standard InChI is InChI=1S/C13H18N2O2S/c1-3-10(11-5-4-8-18-11)15-7-6-12(16)14-9(2)13(15)17/h4-5,8-10H,3,6-7H2,1-2H3,(H,14,16). The van der Waals surface area contributed by atoms with Gasteiger partial charge in [-0.15, -0.1) is 11.3 Å². The van der Waals surface area contributed by atoms with Gasteiger partial charge in [0.05, 0.1) is 6.04 Å². The van der Waals surface area contributed by atoms with E-state index in [-0.39, 0.29) is 17.9 Å². The first-order valence-electron chi connectivity index (χ1n) is 6.26. The predicted octanol–water partition coefficient (Wildman–Crippen LogP) is 1.94. The Labute approximate surface area is 111 Å². The van der Waals surface area contributed by atoms with Gasteiger partial charge in [-0.1, -0.05) is 13.0 Å². The van der Waals surface area contributed by atoms with Gasteiger partial charge < -0.3 is 10.2 Å². The summed E-state index contributed by atoms with van der Waals surface area (Å²) in [5.41, 5.74) is 0. The number of nitrogens with one attached hydrogen (secondary N) is 1. The molecule has 1 fully saturated rings. The molecule has 2 atom stereocenters. The van der Waals surface area contributed by atoms with Crippen LogP contribution in [0.3, 0.4) is 0 Å². The SMILES string of the molecule is CCC(c1cccs1)N1CCC(=O)NC(C)C1=O. The molecule has 1 aromatic rings. The van der Waals surface area contributed by atoms with Crippen LogP contribution in [-0.2, 0) is 9.59 Å². The normalized spacial score (nSPS) is 22.6. The van der Waals surface area contributed by atoms with Crippen molar-refractivity contribution in [1.29, 1.82) is 0 Å². The molecule has 2 unspecified atom stereocenters. The van der Waals surface area contributed by atoms with E-state index in [1.165, 1.54) is 4.88 Å². The summed E-state index contributed by atoms with van der Waals surface area (Å²) in [6, 6.07) is 3.72. The first-order valence-corrected chi connectivity index (χ1v) is 7.14. The molecule has 1 aliphatic rings. The molecule has 1 saturated heterocycles. The molecule has 2 rings (SSSR count). The zero-order valence-electron chi connectivity index (χ0n) is 10.7. The third kappa shape index (κ3) is 2.56. The van der Waals surface area contributed by atoms with Gasteiger partial charge in [0.15, 0.2) is 0 Å². The number of nitrogens with zero attached hydrogens (tertiary/aromatic N) is 1. The monoisotopic (exact) mass is 266 g/mol. The summed E-state index contributed by atoms with van der Waals surface area (Å²) in [6.45, 7) is 4.33. The van der Waals surface area contributed by atoms with Gasteiger partial charge in [-0.05, 0) is 24.8 Å². The number of rotatable bonds is 3. The summed E-state index contributed by atoms with van der Waals surface area (Å²) in [4.78, 5) is 26.8. The van der Waals surface area contributed by atoms with Crippen molar-refractivity contribution in [1.82, 2.24) is 10.2 Å². The fourth-order valence-corrected chi connectivity index (χ4v) is 3.24. The van der Waals surface area contributed by atoms with E-state index in [9.17, 15) is 9.59 Å². The first kappa shape index (κ1) is 13.1. The molecule has 0 bridgehead atoms. The first-order chi connectivity index (χ1) is 8.63. The van der Waals surface area contributed by atoms with Crippen LogP contribution in [0.4, 0.5) is 0 Å². The number of amides is 2. The van der Waals surface area contributed by atoms with Gasteiger partial charge in [0.1, 0.15) is 6.04 Å². The van der Waals surface area contributed by atoms with E-state index in [1.54, 1.807) is 18.3 Å². The van der Waals surface area contributed by atoms with Gasteiger partial charge >= 0.3 is 0 Å². The molecule has 5 heteroatoms. The zero-order valence-corrected chi connectivity index (χ0v) is 11.5. The van der Waals surface area contributed by atoms with Gasteiger partial charge in [-0.25, -0.2) is 0 Å². The molecule has 0 spiro atoms. The minimum atomic E-state index is -0.422. The second-order valence-electron chi connectivity index (χ2n) is 4.51. The van der Waals surface area contributed by atoms with Crippen LogP contribution >= 0.6 is 11.3 Å². The lowest BCUT2D eigenvalue weighted by atomic mass is 10.1. The van der Waals surface area contributed by atoms with E-state index in [2.05, 4.69) is 18.3 Å². The van der Waals surface area contributed by atoms with Gasteiger partial charge in [0, 0.05) is 17.8 Å². The zero-order chi connectivity index (χ0) is 13.1. The van der Waals surface area contributed by atoms with Crippen LogP contribution in [0.1, 0.15) is 37.6 Å². The molecule has 4 nitrogen and oxygen atoms in total. The lowest BCUT2D eigenvalue weighted by Crippen LogP contribution is -2.43. The highest BCUT2D eigenvalue weighted by Gasteiger charge is 2.31. The molecule has 1 aliphatic heterocycles. The van der Waals surface area contributed by atoms with Crippen molar-refractivity contribution in [3.63, 3.8) is 0 Å². The highest BCUT2D eigenvalue weighted by Crippen LogP contribution is 2.29. The summed E-state index contributed by atoms with van der Waals surface area (Å²) in [6.07, 6.45) is 1.26. The molecule has 0 radical (unpaired) electrons. The van der Waals surface area contributed by atoms with Gasteiger partial charge in [-0.3, -0.25) is 9.59 Å². The third-order valence-corrected chi connectivity index (χ3v) is 4.22. The topological polar surface area (TPSA) is 49.4 Å². The molecule has 1 N–H and O–H groups in total. The Balaban J connectivity index is 2.24. The molecule has 98 valence electrons. The Bertz CT molecular complexity index is 430. The number of hydrogen-bond donors (Lipinski definition) is 1. The van der Waals surface area contributed by atoms with Crippen LogP contribution in [0, 0.1) is 0 Å². The lowest BCUT2D eigenvalue weighted by Gasteiger charge is -2.30. The number of thiophene rings is 1. The van der Waals surface area contributed by atoms with Gasteiger partial charge in [0.2, 0.25) is 11.8 Å². The van der Waals surface area contributed by atoms with Crippen LogP contribution in [0.5, 0.6) is 0 Å². The van der Waals surface area contributed by atoms with Crippen LogP contribution in [-0.4, -0.2) is 29.3 Å². The van der Waals surface area contributed by atoms with E-state index < -0.39 is 6.04 Å². The van der Waals surface area contributed by atoms with Crippen molar-refractivity contribution in [2.75, 3.05) is 6.54 Å². The molecule has 0 aromatic carbocycles. The molecular formula is C13H18N2O2S. The summed E-state index contributed by atoms with van der Waals surface area (Å²) < 4.78 is 0. The Kier molecular flexibility index (Phi) is 4.01. The fraction of sp³-hybridized carbons (Fsp3) is 0.538. The maximum absolute atomic E-state index is 12.3. The minimum absolute atomic E-state index is 0.0149. The van der Waals surface area contributed by atoms with Gasteiger partial charge in [0.25, 0.3) is 0 Å². The molecule has 1 aromatic heterocycles. The van der Waals surface area contributed by atoms with E-state index in [0.29, 0.717) is 13.0 Å². The predicted molar refractivity (Wildman–Crippen MR) is 71.3 cm³/mol. The average Bonchev–Trinajstić information content (AvgIpc) is 2.83. The van der Waals surface area contributed by atoms with Crippen molar-refractivity contribution in [2.24, 2.45) is 0 Å². The average molecular weight is 266 g/mol. The molecule has 2 amide bonds. The Morgan fingerprint density at radius 3 is 2.94 bits per heavy atom. The second kappa shape index (κ2) is 5.52. The van der Waals surface area contributed by atoms with E-state index in [0.717, 1.165) is 6.42 Å². The molecule has 0 saturated carbocycles. The summed E-state index contributed by atoms with van der Waals surface area (Å²) in [5.74, 6) is -0.0273. The van der Waals surface area contributed by atoms with Crippen molar-refractivity contribution in [3.05, 3.63) is 22.4 Å². The molecule has 0 aliphatic carbocycles. The molecule has 2 heterocycles. The number of carbonyl (C=O) groups excluding carboxylic acids is 2. The number of hydrogen-bond acceptors (Lipinski definition) is 3. The lowest BCUT2D eigenvalue weighted by molar-refractivity contribution is -0.135. The van der Waals surface area contributed by atoms with E-state index in [4.69, 9.17) is 0 Å². The summed E-state index contributed by atoms with van der Waals surface area (Å²) >= 11 is 1.66. The van der Waals surface area contributed by atoms with E-state index >= 15 is 0 Å². The Morgan fingerprint density at radius 2 is 2.33 bits per heavy atom. The summed E-state index contributed by atoms with van der Waals surface area (Å²) in [7, 11) is 0. The van der Waals surface area contributed by atoms with Gasteiger partial charge in [-0.2, -0.15) is 0 Å². The summed E-state index contributed by atoms with van der Waals surface area (Å²) in [5, 5.41) is 4.74. The third-order valence-electron chi connectivity index (χ3n) is 3.25. The maximum Gasteiger partial charge on any atom is 0.245 e. The number of carbonyl (C=O) groups is 2. The Morgan fingerprint density at radius 1 is 1.56 bits per heavy atom. The van der Waals surface area contributed by atoms with Crippen molar-refractivity contribution in [2.45, 2.75) is 38.8 Å². The van der Waals surface area contributed by atoms with Crippen LogP contribution < -0.4 is 5.32 Å². The largest absolute Gasteiger partial charge is 0.345 e. The van der Waals surface area contributed by atoms with Crippen LogP contribution in [0.25, 0.3) is 0 Å². The highest BCUT2D eigenvalue weighted by molar-refractivity contribution is 7.10.